The van der Waals surface area contributed by atoms with E-state index in [1.165, 1.54) is 12.1 Å². The second-order valence-corrected chi connectivity index (χ2v) is 7.17. The lowest BCUT2D eigenvalue weighted by molar-refractivity contribution is 0.104. The maximum atomic E-state index is 13.4. The number of benzene rings is 2. The van der Waals surface area contributed by atoms with E-state index in [9.17, 15) is 4.39 Å². The largest absolute Gasteiger partial charge is 0.489 e. The van der Waals surface area contributed by atoms with Gasteiger partial charge in [0.15, 0.2) is 5.82 Å². The fourth-order valence-corrected chi connectivity index (χ4v) is 3.75. The van der Waals surface area contributed by atoms with E-state index in [2.05, 4.69) is 32.1 Å². The summed E-state index contributed by atoms with van der Waals surface area (Å²) < 4.78 is 19.6. The number of imidazole rings is 1. The number of hydrogen-bond donors (Lipinski definition) is 2. The van der Waals surface area contributed by atoms with Crippen LogP contribution in [0.5, 0.6) is 5.75 Å². The first-order valence-corrected chi connectivity index (χ1v) is 9.15. The lowest BCUT2D eigenvalue weighted by Gasteiger charge is -2.29. The molecule has 0 radical (unpaired) electrons. The SMILES string of the molecule is CN1CCCC(Oc2ccc3nc(-c4n[nH]c5cc(F)ccc45)[nH]c3c2)C1. The van der Waals surface area contributed by atoms with Gasteiger partial charge in [0.2, 0.25) is 0 Å². The van der Waals surface area contributed by atoms with Crippen LogP contribution in [-0.4, -0.2) is 51.3 Å². The molecule has 1 aliphatic rings. The molecule has 0 bridgehead atoms. The minimum Gasteiger partial charge on any atom is -0.489 e. The number of likely N-dealkylation sites (tertiary alicyclic amines) is 1. The number of aromatic amines is 2. The van der Waals surface area contributed by atoms with Crippen molar-refractivity contribution in [3.05, 3.63) is 42.2 Å². The van der Waals surface area contributed by atoms with Crippen molar-refractivity contribution in [1.82, 2.24) is 25.1 Å². The van der Waals surface area contributed by atoms with Gasteiger partial charge in [0.1, 0.15) is 23.4 Å². The molecule has 1 atom stereocenters. The Hall–Kier alpha value is -2.93. The third-order valence-electron chi connectivity index (χ3n) is 5.09. The summed E-state index contributed by atoms with van der Waals surface area (Å²) in [5, 5.41) is 8.00. The third-order valence-corrected chi connectivity index (χ3v) is 5.09. The normalized spacial score (nSPS) is 18.4. The number of aromatic nitrogens is 4. The van der Waals surface area contributed by atoms with Crippen LogP contribution in [0.3, 0.4) is 0 Å². The van der Waals surface area contributed by atoms with Gasteiger partial charge in [-0.3, -0.25) is 5.10 Å². The van der Waals surface area contributed by atoms with Gasteiger partial charge in [0.05, 0.1) is 16.6 Å². The number of nitrogens with zero attached hydrogens (tertiary/aromatic N) is 3. The Morgan fingerprint density at radius 1 is 1.19 bits per heavy atom. The number of H-pyrrole nitrogens is 2. The Bertz CT molecular complexity index is 1120. The van der Waals surface area contributed by atoms with E-state index in [0.29, 0.717) is 17.0 Å². The molecule has 0 amide bonds. The monoisotopic (exact) mass is 365 g/mol. The highest BCUT2D eigenvalue weighted by Crippen LogP contribution is 2.28. The van der Waals surface area contributed by atoms with E-state index in [-0.39, 0.29) is 11.9 Å². The minimum absolute atomic E-state index is 0.216. The number of piperidine rings is 1. The van der Waals surface area contributed by atoms with Gasteiger partial charge in [0.25, 0.3) is 0 Å². The van der Waals surface area contributed by atoms with Gasteiger partial charge in [0, 0.05) is 18.0 Å². The van der Waals surface area contributed by atoms with Crippen LogP contribution >= 0.6 is 0 Å². The Balaban J connectivity index is 1.46. The van der Waals surface area contributed by atoms with Crippen LogP contribution in [0.15, 0.2) is 36.4 Å². The predicted octanol–water partition coefficient (Wildman–Crippen LogP) is 3.72. The summed E-state index contributed by atoms with van der Waals surface area (Å²) in [6, 6.07) is 10.5. The van der Waals surface area contributed by atoms with Crippen molar-refractivity contribution < 1.29 is 9.13 Å². The number of halogens is 1. The zero-order valence-corrected chi connectivity index (χ0v) is 15.0. The van der Waals surface area contributed by atoms with Gasteiger partial charge in [-0.05, 0) is 56.8 Å². The van der Waals surface area contributed by atoms with Crippen molar-refractivity contribution in [2.24, 2.45) is 0 Å². The lowest BCUT2D eigenvalue weighted by Crippen LogP contribution is -2.38. The van der Waals surface area contributed by atoms with Crippen molar-refractivity contribution in [2.75, 3.05) is 20.1 Å². The first-order chi connectivity index (χ1) is 13.2. The van der Waals surface area contributed by atoms with Gasteiger partial charge < -0.3 is 14.6 Å². The molecule has 1 fully saturated rings. The first kappa shape index (κ1) is 16.3. The van der Waals surface area contributed by atoms with Crippen LogP contribution in [0.25, 0.3) is 33.5 Å². The molecule has 7 heteroatoms. The number of rotatable bonds is 3. The molecule has 1 saturated heterocycles. The summed E-state index contributed by atoms with van der Waals surface area (Å²) in [6.07, 6.45) is 2.45. The van der Waals surface area contributed by atoms with Gasteiger partial charge in [-0.15, -0.1) is 0 Å². The fraction of sp³-hybridized carbons (Fsp3) is 0.300. The molecular formula is C20H20FN5O. The summed E-state index contributed by atoms with van der Waals surface area (Å²) in [6.45, 7) is 2.08. The molecule has 27 heavy (non-hydrogen) atoms. The minimum atomic E-state index is -0.294. The maximum absolute atomic E-state index is 13.4. The van der Waals surface area contributed by atoms with Gasteiger partial charge >= 0.3 is 0 Å². The highest BCUT2D eigenvalue weighted by Gasteiger charge is 2.19. The second kappa shape index (κ2) is 6.35. The van der Waals surface area contributed by atoms with Crippen LogP contribution < -0.4 is 4.74 Å². The molecule has 2 aromatic carbocycles. The molecule has 5 rings (SSSR count). The van der Waals surface area contributed by atoms with Crippen LogP contribution in [-0.2, 0) is 0 Å². The first-order valence-electron chi connectivity index (χ1n) is 9.15. The summed E-state index contributed by atoms with van der Waals surface area (Å²) in [5.41, 5.74) is 3.06. The smallest absolute Gasteiger partial charge is 0.159 e. The molecule has 1 aliphatic heterocycles. The predicted molar refractivity (Wildman–Crippen MR) is 102 cm³/mol. The van der Waals surface area contributed by atoms with Crippen molar-refractivity contribution in [1.29, 1.82) is 0 Å². The molecule has 0 aliphatic carbocycles. The van der Waals surface area contributed by atoms with Crippen LogP contribution in [0.4, 0.5) is 4.39 Å². The van der Waals surface area contributed by atoms with E-state index >= 15 is 0 Å². The number of ether oxygens (including phenoxy) is 1. The van der Waals surface area contributed by atoms with Crippen molar-refractivity contribution >= 4 is 21.9 Å². The molecule has 0 spiro atoms. The fourth-order valence-electron chi connectivity index (χ4n) is 3.75. The zero-order valence-electron chi connectivity index (χ0n) is 15.0. The van der Waals surface area contributed by atoms with Crippen molar-refractivity contribution in [2.45, 2.75) is 18.9 Å². The van der Waals surface area contributed by atoms with E-state index in [1.54, 1.807) is 6.07 Å². The number of nitrogens with one attached hydrogen (secondary N) is 2. The Kier molecular flexibility index (Phi) is 3.82. The standard InChI is InChI=1S/C20H20FN5O/c1-26-8-2-3-14(11-26)27-13-5-7-16-18(10-13)23-20(22-16)19-15-6-4-12(21)9-17(15)24-25-19/h4-7,9-10,14H,2-3,8,11H2,1H3,(H,22,23)(H,24,25). The second-order valence-electron chi connectivity index (χ2n) is 7.17. The molecular weight excluding hydrogens is 345 g/mol. The zero-order chi connectivity index (χ0) is 18.4. The average molecular weight is 365 g/mol. The van der Waals surface area contributed by atoms with Crippen molar-refractivity contribution in [3.63, 3.8) is 0 Å². The molecule has 6 nitrogen and oxygen atoms in total. The third kappa shape index (κ3) is 3.04. The van der Waals surface area contributed by atoms with E-state index in [1.807, 2.05) is 18.2 Å². The molecule has 4 aromatic rings. The van der Waals surface area contributed by atoms with E-state index in [0.717, 1.165) is 48.1 Å². The summed E-state index contributed by atoms with van der Waals surface area (Å²) in [7, 11) is 2.12. The van der Waals surface area contributed by atoms with E-state index in [4.69, 9.17) is 4.74 Å². The van der Waals surface area contributed by atoms with Gasteiger partial charge in [-0.2, -0.15) is 5.10 Å². The molecule has 3 heterocycles. The Morgan fingerprint density at radius 2 is 2.11 bits per heavy atom. The molecule has 1 unspecified atom stereocenters. The van der Waals surface area contributed by atoms with Crippen molar-refractivity contribution in [3.8, 4) is 17.3 Å². The Labute approximate surface area is 155 Å². The van der Waals surface area contributed by atoms with Crippen LogP contribution in [0.2, 0.25) is 0 Å². The Morgan fingerprint density at radius 3 is 3.00 bits per heavy atom. The molecule has 0 saturated carbocycles. The van der Waals surface area contributed by atoms with Crippen LogP contribution in [0, 0.1) is 5.82 Å². The topological polar surface area (TPSA) is 69.8 Å². The van der Waals surface area contributed by atoms with Gasteiger partial charge in [-0.1, -0.05) is 0 Å². The highest BCUT2D eigenvalue weighted by molar-refractivity contribution is 5.93. The lowest BCUT2D eigenvalue weighted by atomic mass is 10.1. The molecule has 2 N–H and O–H groups in total. The highest BCUT2D eigenvalue weighted by atomic mass is 19.1. The number of fused-ring (bicyclic) bond motifs is 2. The summed E-state index contributed by atoms with van der Waals surface area (Å²) in [4.78, 5) is 10.2. The number of likely N-dealkylation sites (N-methyl/N-ethyl adjacent to an activating group) is 1. The van der Waals surface area contributed by atoms with E-state index < -0.39 is 0 Å². The molecule has 138 valence electrons. The summed E-state index contributed by atoms with van der Waals surface area (Å²) >= 11 is 0. The van der Waals surface area contributed by atoms with Crippen LogP contribution in [0.1, 0.15) is 12.8 Å². The molecule has 2 aromatic heterocycles. The average Bonchev–Trinajstić information content (AvgIpc) is 3.24. The summed E-state index contributed by atoms with van der Waals surface area (Å²) in [5.74, 6) is 1.20. The maximum Gasteiger partial charge on any atom is 0.159 e. The quantitative estimate of drug-likeness (QED) is 0.581. The number of hydrogen-bond acceptors (Lipinski definition) is 4. The van der Waals surface area contributed by atoms with Gasteiger partial charge in [-0.25, -0.2) is 9.37 Å².